The zero-order valence-corrected chi connectivity index (χ0v) is 12.0. The van der Waals surface area contributed by atoms with E-state index in [1.165, 1.54) is 0 Å². The Hall–Kier alpha value is -2.43. The van der Waals surface area contributed by atoms with Crippen LogP contribution in [0.5, 0.6) is 0 Å². The molecule has 1 atom stereocenters. The van der Waals surface area contributed by atoms with Gasteiger partial charge in [0.1, 0.15) is 0 Å². The zero-order valence-electron chi connectivity index (χ0n) is 11.2. The Kier molecular flexibility index (Phi) is 3.98. The lowest BCUT2D eigenvalue weighted by Gasteiger charge is -2.10. The SMILES string of the molecule is [C-]#[N+]c1ccc(S(=O)c2cccc([N+]#[C-])c2C)c(C)c1. The number of nitrogens with zero attached hydrogens (tertiary/aromatic N) is 2. The monoisotopic (exact) mass is 280 g/mol. The number of hydrogen-bond acceptors (Lipinski definition) is 1. The molecule has 0 aliphatic heterocycles. The van der Waals surface area contributed by atoms with Crippen molar-refractivity contribution in [1.29, 1.82) is 0 Å². The first kappa shape index (κ1) is 14.0. The number of benzene rings is 2. The van der Waals surface area contributed by atoms with E-state index in [1.54, 1.807) is 36.4 Å². The van der Waals surface area contributed by atoms with Gasteiger partial charge < -0.3 is 0 Å². The first-order valence-electron chi connectivity index (χ1n) is 5.95. The molecule has 3 nitrogen and oxygen atoms in total. The molecule has 0 aromatic heterocycles. The van der Waals surface area contributed by atoms with E-state index in [0.717, 1.165) is 11.1 Å². The van der Waals surface area contributed by atoms with Crippen molar-refractivity contribution < 1.29 is 4.21 Å². The summed E-state index contributed by atoms with van der Waals surface area (Å²) in [5, 5.41) is 0. The molecular weight excluding hydrogens is 268 g/mol. The average molecular weight is 280 g/mol. The first-order valence-corrected chi connectivity index (χ1v) is 7.10. The van der Waals surface area contributed by atoms with E-state index in [1.807, 2.05) is 13.8 Å². The first-order chi connectivity index (χ1) is 9.58. The third-order valence-corrected chi connectivity index (χ3v) is 4.76. The fourth-order valence-electron chi connectivity index (χ4n) is 1.95. The zero-order chi connectivity index (χ0) is 14.7. The van der Waals surface area contributed by atoms with Crippen LogP contribution in [0.15, 0.2) is 46.2 Å². The second-order valence-electron chi connectivity index (χ2n) is 4.34. The lowest BCUT2D eigenvalue weighted by atomic mass is 10.2. The van der Waals surface area contributed by atoms with Gasteiger partial charge in [-0.05, 0) is 31.0 Å². The Balaban J connectivity index is 2.53. The molecule has 2 rings (SSSR count). The van der Waals surface area contributed by atoms with Crippen molar-refractivity contribution in [3.63, 3.8) is 0 Å². The summed E-state index contributed by atoms with van der Waals surface area (Å²) in [5.41, 5.74) is 2.63. The van der Waals surface area contributed by atoms with Gasteiger partial charge in [0, 0.05) is 9.79 Å². The highest BCUT2D eigenvalue weighted by atomic mass is 32.2. The Morgan fingerprint density at radius 1 is 1.00 bits per heavy atom. The molecule has 0 radical (unpaired) electrons. The van der Waals surface area contributed by atoms with Crippen molar-refractivity contribution in [3.8, 4) is 0 Å². The Labute approximate surface area is 121 Å². The summed E-state index contributed by atoms with van der Waals surface area (Å²) < 4.78 is 12.7. The van der Waals surface area contributed by atoms with Crippen LogP contribution in [-0.2, 0) is 10.8 Å². The molecule has 20 heavy (non-hydrogen) atoms. The molecule has 4 heteroatoms. The number of hydrogen-bond donors (Lipinski definition) is 0. The van der Waals surface area contributed by atoms with E-state index in [9.17, 15) is 4.21 Å². The van der Waals surface area contributed by atoms with Crippen LogP contribution in [-0.4, -0.2) is 4.21 Å². The van der Waals surface area contributed by atoms with Crippen LogP contribution >= 0.6 is 0 Å². The second-order valence-corrected chi connectivity index (χ2v) is 5.76. The summed E-state index contributed by atoms with van der Waals surface area (Å²) in [6.45, 7) is 17.8. The topological polar surface area (TPSA) is 25.8 Å². The lowest BCUT2D eigenvalue weighted by molar-refractivity contribution is 0.682. The van der Waals surface area contributed by atoms with Gasteiger partial charge in [-0.15, -0.1) is 0 Å². The molecule has 98 valence electrons. The molecule has 0 heterocycles. The average Bonchev–Trinajstić information content (AvgIpc) is 2.46. The van der Waals surface area contributed by atoms with Crippen LogP contribution in [0.3, 0.4) is 0 Å². The summed E-state index contributed by atoms with van der Waals surface area (Å²) >= 11 is 0. The van der Waals surface area contributed by atoms with E-state index >= 15 is 0 Å². The largest absolute Gasteiger partial charge is 0.249 e. The van der Waals surface area contributed by atoms with Gasteiger partial charge in [-0.2, -0.15) is 0 Å². The van der Waals surface area contributed by atoms with Crippen LogP contribution in [0.4, 0.5) is 11.4 Å². The van der Waals surface area contributed by atoms with Gasteiger partial charge in [-0.25, -0.2) is 13.9 Å². The summed E-state index contributed by atoms with van der Waals surface area (Å²) in [6.07, 6.45) is 0. The van der Waals surface area contributed by atoms with Crippen molar-refractivity contribution in [1.82, 2.24) is 0 Å². The lowest BCUT2D eigenvalue weighted by Crippen LogP contribution is -1.98. The molecular formula is C16H12N2OS. The van der Waals surface area contributed by atoms with Gasteiger partial charge in [0.2, 0.25) is 0 Å². The van der Waals surface area contributed by atoms with Crippen LogP contribution in [0, 0.1) is 27.0 Å². The van der Waals surface area contributed by atoms with E-state index in [-0.39, 0.29) is 0 Å². The van der Waals surface area contributed by atoms with Crippen molar-refractivity contribution in [2.45, 2.75) is 23.6 Å². The minimum absolute atomic E-state index is 0.520. The van der Waals surface area contributed by atoms with E-state index < -0.39 is 10.8 Å². The maximum atomic E-state index is 12.7. The fourth-order valence-corrected chi connectivity index (χ4v) is 3.32. The van der Waals surface area contributed by atoms with E-state index in [2.05, 4.69) is 9.69 Å². The predicted molar refractivity (Wildman–Crippen MR) is 79.6 cm³/mol. The molecule has 0 saturated heterocycles. The highest BCUT2D eigenvalue weighted by molar-refractivity contribution is 7.85. The normalized spacial score (nSPS) is 11.4. The molecule has 0 spiro atoms. The molecule has 0 aliphatic rings. The standard InChI is InChI=1S/C16H12N2OS/c1-11-10-13(17-3)8-9-15(11)20(19)16-7-5-6-14(18-4)12(16)2/h5-10H,1-2H3. The molecule has 0 N–H and O–H groups in total. The Morgan fingerprint density at radius 3 is 2.35 bits per heavy atom. The molecule has 1 unspecified atom stereocenters. The fraction of sp³-hybridized carbons (Fsp3) is 0.125. The van der Waals surface area contributed by atoms with Crippen molar-refractivity contribution >= 4 is 22.2 Å². The Bertz CT molecular complexity index is 782. The summed E-state index contributed by atoms with van der Waals surface area (Å²) in [4.78, 5) is 8.13. The summed E-state index contributed by atoms with van der Waals surface area (Å²) in [5.74, 6) is 0. The molecule has 0 aliphatic carbocycles. The van der Waals surface area contributed by atoms with Crippen molar-refractivity contribution in [3.05, 3.63) is 70.4 Å². The van der Waals surface area contributed by atoms with Gasteiger partial charge in [0.15, 0.2) is 11.4 Å². The van der Waals surface area contributed by atoms with Gasteiger partial charge in [-0.1, -0.05) is 30.3 Å². The molecule has 0 amide bonds. The maximum Gasteiger partial charge on any atom is 0.191 e. The van der Waals surface area contributed by atoms with Gasteiger partial charge >= 0.3 is 0 Å². The third-order valence-electron chi connectivity index (χ3n) is 3.06. The highest BCUT2D eigenvalue weighted by Gasteiger charge is 2.14. The van der Waals surface area contributed by atoms with Crippen LogP contribution in [0.2, 0.25) is 0 Å². The number of rotatable bonds is 2. The quantitative estimate of drug-likeness (QED) is 0.740. The molecule has 2 aromatic carbocycles. The number of aryl methyl sites for hydroxylation is 1. The van der Waals surface area contributed by atoms with Crippen molar-refractivity contribution in [2.24, 2.45) is 0 Å². The third kappa shape index (κ3) is 2.47. The molecule has 0 fully saturated rings. The predicted octanol–water partition coefficient (Wildman–Crippen LogP) is 4.57. The van der Waals surface area contributed by atoms with Gasteiger partial charge in [-0.3, -0.25) is 0 Å². The Morgan fingerprint density at radius 2 is 1.75 bits per heavy atom. The van der Waals surface area contributed by atoms with Crippen LogP contribution in [0.25, 0.3) is 9.69 Å². The summed E-state index contributed by atoms with van der Waals surface area (Å²) in [7, 11) is -1.34. The second kappa shape index (κ2) is 5.69. The highest BCUT2D eigenvalue weighted by Crippen LogP contribution is 2.29. The van der Waals surface area contributed by atoms with Crippen molar-refractivity contribution in [2.75, 3.05) is 0 Å². The van der Waals surface area contributed by atoms with Gasteiger partial charge in [0.25, 0.3) is 0 Å². The minimum atomic E-state index is -1.34. The minimum Gasteiger partial charge on any atom is -0.249 e. The van der Waals surface area contributed by atoms with Gasteiger partial charge in [0.05, 0.1) is 23.9 Å². The van der Waals surface area contributed by atoms with Crippen LogP contribution < -0.4 is 0 Å². The smallest absolute Gasteiger partial charge is 0.191 e. The molecule has 0 saturated carbocycles. The molecule has 2 aromatic rings. The van der Waals surface area contributed by atoms with E-state index in [4.69, 9.17) is 13.1 Å². The van der Waals surface area contributed by atoms with E-state index in [0.29, 0.717) is 21.2 Å². The molecule has 0 bridgehead atoms. The summed E-state index contributed by atoms with van der Waals surface area (Å²) in [6, 6.07) is 10.4. The maximum absolute atomic E-state index is 12.7. The van der Waals surface area contributed by atoms with Crippen LogP contribution in [0.1, 0.15) is 11.1 Å².